The molecule has 0 saturated heterocycles. The van der Waals surface area contributed by atoms with Crippen LogP contribution in [0.1, 0.15) is 12.5 Å². The molecule has 0 aliphatic carbocycles. The molecule has 116 valence electrons. The highest BCUT2D eigenvalue weighted by Crippen LogP contribution is 2.30. The lowest BCUT2D eigenvalue weighted by molar-refractivity contribution is -0.116. The van der Waals surface area contributed by atoms with Crippen molar-refractivity contribution in [2.75, 3.05) is 38.6 Å². The van der Waals surface area contributed by atoms with Crippen molar-refractivity contribution in [1.29, 1.82) is 0 Å². The number of anilines is 1. The van der Waals surface area contributed by atoms with E-state index in [0.29, 0.717) is 26.1 Å². The smallest absolute Gasteiger partial charge is 0.240 e. The zero-order valence-corrected chi connectivity index (χ0v) is 13.4. The number of likely N-dealkylation sites (N-methyl/N-ethyl adjacent to an activating group) is 1. The van der Waals surface area contributed by atoms with Crippen LogP contribution in [0.5, 0.6) is 0 Å². The van der Waals surface area contributed by atoms with Crippen LogP contribution in [0, 0.1) is 0 Å². The van der Waals surface area contributed by atoms with Gasteiger partial charge < -0.3 is 9.80 Å². The molecular weight excluding hydrogens is 290 g/mol. The van der Waals surface area contributed by atoms with E-state index in [2.05, 4.69) is 4.72 Å². The van der Waals surface area contributed by atoms with Gasteiger partial charge in [0.25, 0.3) is 0 Å². The molecule has 1 aliphatic rings. The number of amides is 1. The summed E-state index contributed by atoms with van der Waals surface area (Å²) in [5, 5.41) is 0. The Morgan fingerprint density at radius 3 is 2.71 bits per heavy atom. The molecule has 0 aromatic heterocycles. The summed E-state index contributed by atoms with van der Waals surface area (Å²) in [5.74, 6) is -0.0199. The van der Waals surface area contributed by atoms with Gasteiger partial charge in [-0.3, -0.25) is 4.79 Å². The molecule has 1 heterocycles. The van der Waals surface area contributed by atoms with Crippen LogP contribution in [0.25, 0.3) is 0 Å². The molecule has 0 saturated carbocycles. The quantitative estimate of drug-likeness (QED) is 0.856. The largest absolute Gasteiger partial charge is 0.312 e. The van der Waals surface area contributed by atoms with Gasteiger partial charge in [0.05, 0.1) is 4.90 Å². The van der Waals surface area contributed by atoms with E-state index in [-0.39, 0.29) is 10.8 Å². The van der Waals surface area contributed by atoms with Crippen LogP contribution < -0.4 is 9.62 Å². The number of benzene rings is 1. The van der Waals surface area contributed by atoms with Crippen molar-refractivity contribution in [2.45, 2.75) is 18.2 Å². The Bertz CT molecular complexity index is 641. The number of rotatable bonds is 5. The summed E-state index contributed by atoms with van der Waals surface area (Å²) in [6.45, 7) is 3.14. The van der Waals surface area contributed by atoms with E-state index in [4.69, 9.17) is 0 Å². The van der Waals surface area contributed by atoms with E-state index in [1.807, 2.05) is 19.0 Å². The van der Waals surface area contributed by atoms with Crippen LogP contribution in [0.2, 0.25) is 0 Å². The van der Waals surface area contributed by atoms with Crippen molar-refractivity contribution in [3.8, 4) is 0 Å². The van der Waals surface area contributed by atoms with Crippen molar-refractivity contribution >= 4 is 21.6 Å². The minimum absolute atomic E-state index is 0.0199. The lowest BCUT2D eigenvalue weighted by atomic mass is 10.2. The van der Waals surface area contributed by atoms with E-state index in [0.717, 1.165) is 11.3 Å². The number of hydrogen-bond donors (Lipinski definition) is 1. The maximum Gasteiger partial charge on any atom is 0.240 e. The second-order valence-electron chi connectivity index (χ2n) is 5.41. The predicted octanol–water partition coefficient (Wildman–Crippen LogP) is 0.436. The van der Waals surface area contributed by atoms with Gasteiger partial charge in [-0.15, -0.1) is 0 Å². The average molecular weight is 311 g/mol. The van der Waals surface area contributed by atoms with Gasteiger partial charge in [0.15, 0.2) is 0 Å². The molecule has 0 spiro atoms. The van der Waals surface area contributed by atoms with Crippen LogP contribution in [-0.2, 0) is 21.2 Å². The lowest BCUT2D eigenvalue weighted by Crippen LogP contribution is -2.31. The molecule has 0 radical (unpaired) electrons. The first-order valence-electron chi connectivity index (χ1n) is 6.86. The molecule has 0 bridgehead atoms. The van der Waals surface area contributed by atoms with Crippen molar-refractivity contribution in [3.63, 3.8) is 0 Å². The third-order valence-electron chi connectivity index (χ3n) is 3.49. The Balaban J connectivity index is 2.17. The van der Waals surface area contributed by atoms with Crippen LogP contribution in [0.15, 0.2) is 23.1 Å². The highest BCUT2D eigenvalue weighted by atomic mass is 32.2. The first-order chi connectivity index (χ1) is 9.81. The zero-order chi connectivity index (χ0) is 15.6. The predicted molar refractivity (Wildman–Crippen MR) is 81.9 cm³/mol. The first-order valence-corrected chi connectivity index (χ1v) is 8.35. The third kappa shape index (κ3) is 3.61. The maximum atomic E-state index is 12.2. The highest BCUT2D eigenvalue weighted by Gasteiger charge is 2.24. The van der Waals surface area contributed by atoms with Gasteiger partial charge in [0.1, 0.15) is 0 Å². The Morgan fingerprint density at radius 2 is 2.10 bits per heavy atom. The molecule has 1 aromatic carbocycles. The molecule has 1 aromatic rings. The summed E-state index contributed by atoms with van der Waals surface area (Å²) in [4.78, 5) is 15.3. The minimum atomic E-state index is -3.50. The van der Waals surface area contributed by atoms with Gasteiger partial charge in [0, 0.05) is 32.2 Å². The number of carbonyl (C=O) groups excluding carboxylic acids is 1. The second-order valence-corrected chi connectivity index (χ2v) is 7.18. The molecule has 1 aliphatic heterocycles. The van der Waals surface area contributed by atoms with Gasteiger partial charge in [-0.1, -0.05) is 0 Å². The topological polar surface area (TPSA) is 69.7 Å². The SMILES string of the molecule is CC(=O)N1CCc2cc(S(=O)(=O)NCCN(C)C)ccc21. The summed E-state index contributed by atoms with van der Waals surface area (Å²) in [5.41, 5.74) is 1.72. The second kappa shape index (κ2) is 6.13. The number of nitrogens with zero attached hydrogens (tertiary/aromatic N) is 2. The minimum Gasteiger partial charge on any atom is -0.312 e. The van der Waals surface area contributed by atoms with Gasteiger partial charge in [-0.05, 0) is 44.3 Å². The fourth-order valence-electron chi connectivity index (χ4n) is 2.36. The van der Waals surface area contributed by atoms with Gasteiger partial charge in [-0.25, -0.2) is 13.1 Å². The average Bonchev–Trinajstić information content (AvgIpc) is 2.80. The molecule has 0 fully saturated rings. The van der Waals surface area contributed by atoms with E-state index in [9.17, 15) is 13.2 Å². The summed E-state index contributed by atoms with van der Waals surface area (Å²) < 4.78 is 27.0. The zero-order valence-electron chi connectivity index (χ0n) is 12.6. The van der Waals surface area contributed by atoms with E-state index < -0.39 is 10.0 Å². The normalized spacial score (nSPS) is 14.6. The Kier molecular flexibility index (Phi) is 4.65. The van der Waals surface area contributed by atoms with Gasteiger partial charge >= 0.3 is 0 Å². The van der Waals surface area contributed by atoms with Crippen molar-refractivity contribution in [3.05, 3.63) is 23.8 Å². The van der Waals surface area contributed by atoms with Gasteiger partial charge in [-0.2, -0.15) is 0 Å². The lowest BCUT2D eigenvalue weighted by Gasteiger charge is -2.15. The molecule has 6 nitrogen and oxygen atoms in total. The Hall–Kier alpha value is -1.44. The number of nitrogens with one attached hydrogen (secondary N) is 1. The Morgan fingerprint density at radius 1 is 1.38 bits per heavy atom. The summed E-state index contributed by atoms with van der Waals surface area (Å²) in [6.07, 6.45) is 0.690. The van der Waals surface area contributed by atoms with E-state index in [1.165, 1.54) is 6.92 Å². The molecule has 0 unspecified atom stereocenters. The van der Waals surface area contributed by atoms with E-state index >= 15 is 0 Å². The molecule has 1 amide bonds. The maximum absolute atomic E-state index is 12.2. The molecule has 7 heteroatoms. The van der Waals surface area contributed by atoms with Crippen LogP contribution >= 0.6 is 0 Å². The van der Waals surface area contributed by atoms with E-state index in [1.54, 1.807) is 23.1 Å². The molecule has 21 heavy (non-hydrogen) atoms. The van der Waals surface area contributed by atoms with Crippen LogP contribution in [0.4, 0.5) is 5.69 Å². The fourth-order valence-corrected chi connectivity index (χ4v) is 3.43. The molecular formula is C14H21N3O3S. The Labute approximate surface area is 125 Å². The monoisotopic (exact) mass is 311 g/mol. The van der Waals surface area contributed by atoms with Crippen LogP contribution in [0.3, 0.4) is 0 Å². The molecule has 0 atom stereocenters. The standard InChI is InChI=1S/C14H21N3O3S/c1-11(18)17-8-6-12-10-13(4-5-14(12)17)21(19,20)15-7-9-16(2)3/h4-5,10,15H,6-9H2,1-3H3. The summed E-state index contributed by atoms with van der Waals surface area (Å²) >= 11 is 0. The number of sulfonamides is 1. The van der Waals surface area contributed by atoms with Crippen LogP contribution in [-0.4, -0.2) is 53.0 Å². The summed E-state index contributed by atoms with van der Waals surface area (Å²) in [6, 6.07) is 4.93. The number of carbonyl (C=O) groups is 1. The summed E-state index contributed by atoms with van der Waals surface area (Å²) in [7, 11) is 0.282. The fraction of sp³-hybridized carbons (Fsp3) is 0.500. The van der Waals surface area contributed by atoms with Gasteiger partial charge in [0.2, 0.25) is 15.9 Å². The van der Waals surface area contributed by atoms with Crippen molar-refractivity contribution in [1.82, 2.24) is 9.62 Å². The molecule has 1 N–H and O–H groups in total. The highest BCUT2D eigenvalue weighted by molar-refractivity contribution is 7.89. The number of hydrogen-bond acceptors (Lipinski definition) is 4. The number of fused-ring (bicyclic) bond motifs is 1. The van der Waals surface area contributed by atoms with Crippen molar-refractivity contribution < 1.29 is 13.2 Å². The molecule has 2 rings (SSSR count). The third-order valence-corrected chi connectivity index (χ3v) is 4.95. The first kappa shape index (κ1) is 15.9. The van der Waals surface area contributed by atoms with Crippen molar-refractivity contribution in [2.24, 2.45) is 0 Å².